The maximum Gasteiger partial charge on any atom is 0.407 e. The van der Waals surface area contributed by atoms with Crippen molar-refractivity contribution in [3.05, 3.63) is 59.7 Å². The van der Waals surface area contributed by atoms with Crippen LogP contribution in [0.4, 0.5) is 4.79 Å². The van der Waals surface area contributed by atoms with Crippen molar-refractivity contribution in [2.24, 2.45) is 5.92 Å². The van der Waals surface area contributed by atoms with Crippen LogP contribution >= 0.6 is 0 Å². The standard InChI is InChI=1S/C25H30N2O6/c1-3-16(12-22(29)27-23(15(2)28)24(30)31)13-26-25(32)33-14-21-19-10-6-4-8-17(19)18-9-5-7-11-20(18)21/h4-11,15-16,21,23,28H,3,12-14H2,1-2H3,(H,26,32)(H,27,29)(H,30,31). The molecule has 1 aliphatic rings. The molecule has 3 unspecified atom stereocenters. The van der Waals surface area contributed by atoms with E-state index in [0.29, 0.717) is 6.42 Å². The highest BCUT2D eigenvalue weighted by Gasteiger charge is 2.29. The summed E-state index contributed by atoms with van der Waals surface area (Å²) in [4.78, 5) is 35.7. The third-order valence-electron chi connectivity index (χ3n) is 6.00. The normalized spacial score (nSPS) is 15.0. The molecule has 3 atom stereocenters. The second kappa shape index (κ2) is 11.0. The van der Waals surface area contributed by atoms with Gasteiger partial charge in [0.1, 0.15) is 6.61 Å². The smallest absolute Gasteiger partial charge is 0.407 e. The number of ether oxygens (including phenoxy) is 1. The Morgan fingerprint density at radius 2 is 1.61 bits per heavy atom. The third-order valence-corrected chi connectivity index (χ3v) is 6.00. The Balaban J connectivity index is 1.51. The first-order chi connectivity index (χ1) is 15.8. The van der Waals surface area contributed by atoms with Crippen molar-refractivity contribution in [1.82, 2.24) is 10.6 Å². The van der Waals surface area contributed by atoms with Crippen LogP contribution in [-0.2, 0) is 14.3 Å². The van der Waals surface area contributed by atoms with E-state index in [-0.39, 0.29) is 31.4 Å². The Morgan fingerprint density at radius 1 is 1.03 bits per heavy atom. The molecule has 3 rings (SSSR count). The van der Waals surface area contributed by atoms with Gasteiger partial charge < -0.3 is 25.6 Å². The number of carbonyl (C=O) groups is 3. The molecule has 2 aromatic rings. The zero-order chi connectivity index (χ0) is 24.0. The van der Waals surface area contributed by atoms with Gasteiger partial charge in [0.05, 0.1) is 6.10 Å². The molecule has 0 bridgehead atoms. The SMILES string of the molecule is CCC(CNC(=O)OCC1c2ccccc2-c2ccccc21)CC(=O)NC(C(=O)O)C(C)O. The van der Waals surface area contributed by atoms with Crippen molar-refractivity contribution in [3.63, 3.8) is 0 Å². The number of fused-ring (bicyclic) bond motifs is 3. The third kappa shape index (κ3) is 5.90. The topological polar surface area (TPSA) is 125 Å². The molecule has 0 aromatic heterocycles. The lowest BCUT2D eigenvalue weighted by Crippen LogP contribution is -2.48. The van der Waals surface area contributed by atoms with E-state index in [1.54, 1.807) is 0 Å². The summed E-state index contributed by atoms with van der Waals surface area (Å²) in [6, 6.07) is 14.8. The van der Waals surface area contributed by atoms with Crippen molar-refractivity contribution in [2.75, 3.05) is 13.2 Å². The van der Waals surface area contributed by atoms with Gasteiger partial charge in [-0.25, -0.2) is 9.59 Å². The van der Waals surface area contributed by atoms with E-state index < -0.39 is 30.1 Å². The predicted molar refractivity (Wildman–Crippen MR) is 123 cm³/mol. The van der Waals surface area contributed by atoms with E-state index in [1.807, 2.05) is 43.3 Å². The number of aliphatic hydroxyl groups excluding tert-OH is 1. The molecule has 0 fully saturated rings. The number of carboxylic acids is 1. The van der Waals surface area contributed by atoms with Gasteiger partial charge in [0.2, 0.25) is 5.91 Å². The lowest BCUT2D eigenvalue weighted by Gasteiger charge is -2.20. The molecule has 0 saturated heterocycles. The summed E-state index contributed by atoms with van der Waals surface area (Å²) in [6.45, 7) is 3.59. The minimum atomic E-state index is -1.37. The van der Waals surface area contributed by atoms with E-state index in [1.165, 1.54) is 6.92 Å². The van der Waals surface area contributed by atoms with Crippen LogP contribution in [0.1, 0.15) is 43.7 Å². The van der Waals surface area contributed by atoms with Gasteiger partial charge in [-0.05, 0) is 35.1 Å². The Bertz CT molecular complexity index is 960. The number of hydrogen-bond donors (Lipinski definition) is 4. The molecule has 176 valence electrons. The fourth-order valence-electron chi connectivity index (χ4n) is 4.12. The molecule has 8 heteroatoms. The molecule has 2 aromatic carbocycles. The monoisotopic (exact) mass is 454 g/mol. The van der Waals surface area contributed by atoms with Crippen molar-refractivity contribution >= 4 is 18.0 Å². The number of benzene rings is 2. The molecular formula is C25H30N2O6. The second-order valence-corrected chi connectivity index (χ2v) is 8.31. The average molecular weight is 455 g/mol. The summed E-state index contributed by atoms with van der Waals surface area (Å²) in [5.41, 5.74) is 4.55. The maximum absolute atomic E-state index is 12.3. The van der Waals surface area contributed by atoms with Crippen LogP contribution in [0.25, 0.3) is 11.1 Å². The molecule has 1 aliphatic carbocycles. The molecule has 4 N–H and O–H groups in total. The number of hydrogen-bond acceptors (Lipinski definition) is 5. The van der Waals surface area contributed by atoms with Gasteiger partial charge in [-0.15, -0.1) is 0 Å². The first-order valence-corrected chi connectivity index (χ1v) is 11.1. The maximum atomic E-state index is 12.3. The number of nitrogens with one attached hydrogen (secondary N) is 2. The lowest BCUT2D eigenvalue weighted by atomic mass is 9.98. The van der Waals surface area contributed by atoms with Crippen LogP contribution in [0.2, 0.25) is 0 Å². The first-order valence-electron chi connectivity index (χ1n) is 11.1. The van der Waals surface area contributed by atoms with Crippen molar-refractivity contribution < 1.29 is 29.3 Å². The van der Waals surface area contributed by atoms with E-state index in [9.17, 15) is 19.5 Å². The summed E-state index contributed by atoms with van der Waals surface area (Å²) >= 11 is 0. The van der Waals surface area contributed by atoms with Gasteiger partial charge in [0.15, 0.2) is 6.04 Å². The fourth-order valence-corrected chi connectivity index (χ4v) is 4.12. The zero-order valence-corrected chi connectivity index (χ0v) is 18.8. The number of alkyl carbamates (subject to hydrolysis) is 1. The number of amides is 2. The molecular weight excluding hydrogens is 424 g/mol. The molecule has 0 radical (unpaired) electrons. The predicted octanol–water partition coefficient (Wildman–Crippen LogP) is 2.89. The molecule has 0 heterocycles. The summed E-state index contributed by atoms with van der Waals surface area (Å²) in [5.74, 6) is -2.04. The Hall–Kier alpha value is -3.39. The summed E-state index contributed by atoms with van der Waals surface area (Å²) in [5, 5.41) is 23.6. The summed E-state index contributed by atoms with van der Waals surface area (Å²) in [6.07, 6.45) is -1.16. The van der Waals surface area contributed by atoms with Crippen LogP contribution in [0.3, 0.4) is 0 Å². The molecule has 8 nitrogen and oxygen atoms in total. The molecule has 0 saturated carbocycles. The summed E-state index contributed by atoms with van der Waals surface area (Å²) < 4.78 is 5.51. The Kier molecular flexibility index (Phi) is 8.06. The fraction of sp³-hybridized carbons (Fsp3) is 0.400. The summed E-state index contributed by atoms with van der Waals surface area (Å²) in [7, 11) is 0. The highest BCUT2D eigenvalue weighted by Crippen LogP contribution is 2.44. The number of aliphatic hydroxyl groups is 1. The van der Waals surface area contributed by atoms with Gasteiger partial charge in [0.25, 0.3) is 0 Å². The minimum Gasteiger partial charge on any atom is -0.480 e. The van der Waals surface area contributed by atoms with Gasteiger partial charge in [-0.1, -0.05) is 61.9 Å². The van der Waals surface area contributed by atoms with Crippen LogP contribution in [-0.4, -0.2) is 53.5 Å². The average Bonchev–Trinajstić information content (AvgIpc) is 3.12. The van der Waals surface area contributed by atoms with E-state index in [0.717, 1.165) is 22.3 Å². The van der Waals surface area contributed by atoms with Gasteiger partial charge >= 0.3 is 12.1 Å². The second-order valence-electron chi connectivity index (χ2n) is 8.31. The molecule has 2 amide bonds. The Morgan fingerprint density at radius 3 is 2.12 bits per heavy atom. The largest absolute Gasteiger partial charge is 0.480 e. The van der Waals surface area contributed by atoms with Gasteiger partial charge in [-0.3, -0.25) is 4.79 Å². The molecule has 0 aliphatic heterocycles. The van der Waals surface area contributed by atoms with Crippen LogP contribution in [0.5, 0.6) is 0 Å². The highest BCUT2D eigenvalue weighted by molar-refractivity contribution is 5.84. The van der Waals surface area contributed by atoms with Crippen LogP contribution in [0.15, 0.2) is 48.5 Å². The molecule has 0 spiro atoms. The first kappa shape index (κ1) is 24.3. The van der Waals surface area contributed by atoms with Crippen molar-refractivity contribution in [1.29, 1.82) is 0 Å². The van der Waals surface area contributed by atoms with Crippen LogP contribution in [0, 0.1) is 5.92 Å². The minimum absolute atomic E-state index is 0.0245. The number of carboxylic acid groups (broad SMARTS) is 1. The quantitative estimate of drug-likeness (QED) is 0.438. The van der Waals surface area contributed by atoms with E-state index in [4.69, 9.17) is 9.84 Å². The van der Waals surface area contributed by atoms with Gasteiger partial charge in [-0.2, -0.15) is 0 Å². The van der Waals surface area contributed by atoms with Crippen LogP contribution < -0.4 is 10.6 Å². The lowest BCUT2D eigenvalue weighted by molar-refractivity contribution is -0.144. The zero-order valence-electron chi connectivity index (χ0n) is 18.8. The molecule has 33 heavy (non-hydrogen) atoms. The van der Waals surface area contributed by atoms with E-state index >= 15 is 0 Å². The van der Waals surface area contributed by atoms with Crippen molar-refractivity contribution in [2.45, 2.75) is 44.8 Å². The van der Waals surface area contributed by atoms with Gasteiger partial charge in [0, 0.05) is 18.9 Å². The Labute approximate surface area is 193 Å². The van der Waals surface area contributed by atoms with E-state index in [2.05, 4.69) is 22.8 Å². The van der Waals surface area contributed by atoms with Crippen molar-refractivity contribution in [3.8, 4) is 11.1 Å². The number of carbonyl (C=O) groups excluding carboxylic acids is 2. The highest BCUT2D eigenvalue weighted by atomic mass is 16.5. The number of rotatable bonds is 10. The number of aliphatic carboxylic acids is 1.